The number of carbonyl (C=O) groups is 2. The molecular weight excluding hydrogens is 442 g/mol. The van der Waals surface area contributed by atoms with E-state index in [0.717, 1.165) is 0 Å². The number of ether oxygens (including phenoxy) is 1. The van der Waals surface area contributed by atoms with Crippen molar-refractivity contribution in [1.29, 1.82) is 0 Å². The molecule has 164 valence electrons. The first-order valence-corrected chi connectivity index (χ1v) is 11.4. The van der Waals surface area contributed by atoms with Gasteiger partial charge in [-0.1, -0.05) is 37.6 Å². The minimum Gasteiger partial charge on any atom is -0.451 e. The second kappa shape index (κ2) is 9.07. The van der Waals surface area contributed by atoms with E-state index in [9.17, 15) is 18.0 Å². The van der Waals surface area contributed by atoms with Crippen LogP contribution in [0.25, 0.3) is 0 Å². The highest BCUT2D eigenvalue weighted by molar-refractivity contribution is 7.90. The molecule has 1 heterocycles. The summed E-state index contributed by atoms with van der Waals surface area (Å²) >= 11 is 5.83. The maximum Gasteiger partial charge on any atom is 0.331 e. The minimum absolute atomic E-state index is 0.0736. The van der Waals surface area contributed by atoms with E-state index >= 15 is 0 Å². The molecule has 2 N–H and O–H groups in total. The van der Waals surface area contributed by atoms with Gasteiger partial charge in [0.1, 0.15) is 5.84 Å². The number of sulfonamides is 1. The Kier molecular flexibility index (Phi) is 6.66. The van der Waals surface area contributed by atoms with Crippen LogP contribution in [-0.4, -0.2) is 38.3 Å². The van der Waals surface area contributed by atoms with Crippen molar-refractivity contribution in [1.82, 2.24) is 4.72 Å². The van der Waals surface area contributed by atoms with Gasteiger partial charge in [-0.25, -0.2) is 13.2 Å². The number of esters is 1. The Hall–Kier alpha value is -2.91. The van der Waals surface area contributed by atoms with E-state index in [4.69, 9.17) is 16.3 Å². The third-order valence-corrected chi connectivity index (χ3v) is 6.23. The number of fused-ring (bicyclic) bond motifs is 1. The first-order valence-electron chi connectivity index (χ1n) is 9.55. The van der Waals surface area contributed by atoms with Crippen LogP contribution >= 0.6 is 11.6 Å². The van der Waals surface area contributed by atoms with E-state index in [1.54, 1.807) is 56.3 Å². The first-order chi connectivity index (χ1) is 14.6. The zero-order chi connectivity index (χ0) is 22.8. The molecule has 0 aromatic heterocycles. The molecule has 10 heteroatoms. The summed E-state index contributed by atoms with van der Waals surface area (Å²) in [5.74, 6) is -1.48. The molecule has 0 bridgehead atoms. The molecule has 1 aliphatic rings. The fraction of sp³-hybridized carbons (Fsp3) is 0.286. The smallest absolute Gasteiger partial charge is 0.331 e. The van der Waals surface area contributed by atoms with Crippen molar-refractivity contribution < 1.29 is 22.7 Å². The molecule has 0 radical (unpaired) electrons. The van der Waals surface area contributed by atoms with Crippen molar-refractivity contribution in [2.24, 2.45) is 10.9 Å². The molecule has 0 spiro atoms. The number of nitrogens with one attached hydrogen (secondary N) is 2. The molecule has 0 aliphatic carbocycles. The second-order valence-corrected chi connectivity index (χ2v) is 9.43. The lowest BCUT2D eigenvalue weighted by atomic mass is 10.0. The van der Waals surface area contributed by atoms with Crippen LogP contribution in [0, 0.1) is 5.92 Å². The zero-order valence-electron chi connectivity index (χ0n) is 17.1. The topological polar surface area (TPSA) is 114 Å². The van der Waals surface area contributed by atoms with Gasteiger partial charge in [0.2, 0.25) is 0 Å². The van der Waals surface area contributed by atoms with Gasteiger partial charge < -0.3 is 10.1 Å². The lowest BCUT2D eigenvalue weighted by Gasteiger charge is -2.19. The predicted octanol–water partition coefficient (Wildman–Crippen LogP) is 2.97. The van der Waals surface area contributed by atoms with Crippen LogP contribution in [0.1, 0.15) is 26.3 Å². The summed E-state index contributed by atoms with van der Waals surface area (Å²) in [5, 5.41) is 3.17. The van der Waals surface area contributed by atoms with Gasteiger partial charge in [-0.05, 0) is 49.2 Å². The number of nitrogens with zero attached hydrogens (tertiary/aromatic N) is 1. The second-order valence-electron chi connectivity index (χ2n) is 7.34. The molecule has 0 saturated carbocycles. The third-order valence-electron chi connectivity index (χ3n) is 4.58. The molecule has 0 saturated heterocycles. The summed E-state index contributed by atoms with van der Waals surface area (Å²) in [7, 11) is -3.73. The van der Waals surface area contributed by atoms with Gasteiger partial charge in [0.15, 0.2) is 12.1 Å². The van der Waals surface area contributed by atoms with Gasteiger partial charge in [0.25, 0.3) is 15.9 Å². The lowest BCUT2D eigenvalue weighted by Crippen LogP contribution is -2.37. The quantitative estimate of drug-likeness (QED) is 0.639. The number of benzene rings is 2. The highest BCUT2D eigenvalue weighted by atomic mass is 35.5. The predicted molar refractivity (Wildman–Crippen MR) is 118 cm³/mol. The molecule has 2 aromatic rings. The first kappa shape index (κ1) is 22.8. The van der Waals surface area contributed by atoms with Crippen molar-refractivity contribution in [3.8, 4) is 0 Å². The summed E-state index contributed by atoms with van der Waals surface area (Å²) in [6, 6.07) is 11.9. The number of halogens is 1. The molecular formula is C21H22ClN3O5S. The van der Waals surface area contributed by atoms with E-state index in [2.05, 4.69) is 15.0 Å². The maximum absolute atomic E-state index is 12.8. The van der Waals surface area contributed by atoms with Crippen molar-refractivity contribution in [3.05, 3.63) is 59.1 Å². The van der Waals surface area contributed by atoms with E-state index in [1.165, 1.54) is 13.0 Å². The summed E-state index contributed by atoms with van der Waals surface area (Å²) in [6.07, 6.45) is -1.09. The Balaban J connectivity index is 1.75. The van der Waals surface area contributed by atoms with Crippen LogP contribution in [0.2, 0.25) is 5.02 Å². The number of amides is 1. The van der Waals surface area contributed by atoms with Crippen LogP contribution in [0.3, 0.4) is 0 Å². The number of hydrogen-bond donors (Lipinski definition) is 2. The Morgan fingerprint density at radius 3 is 2.35 bits per heavy atom. The Labute approximate surface area is 185 Å². The maximum atomic E-state index is 12.8. The van der Waals surface area contributed by atoms with E-state index in [-0.39, 0.29) is 16.6 Å². The molecule has 0 fully saturated rings. The van der Waals surface area contributed by atoms with Crippen LogP contribution in [-0.2, 0) is 24.3 Å². The number of aliphatic imine (C=N–C) groups is 1. The van der Waals surface area contributed by atoms with E-state index in [0.29, 0.717) is 16.3 Å². The molecule has 2 atom stereocenters. The molecule has 2 aromatic carbocycles. The standard InChI is InChI=1S/C21H22ClN3O5S/c1-12(2)18(24-19-16-6-4-5-7-17(16)31(28,29)25-19)21(27)30-13(3)20(26)23-15-10-8-14(22)9-11-15/h4-13,18H,1-3H3,(H,23,26)(H,24,25)/t13-,18-/m0/s1. The van der Waals surface area contributed by atoms with E-state index in [1.807, 2.05) is 0 Å². The third kappa shape index (κ3) is 5.23. The van der Waals surface area contributed by atoms with Gasteiger partial charge in [0.05, 0.1) is 4.90 Å². The molecule has 1 aliphatic heterocycles. The average Bonchev–Trinajstić information content (AvgIpc) is 2.97. The zero-order valence-corrected chi connectivity index (χ0v) is 18.7. The van der Waals surface area contributed by atoms with E-state index < -0.39 is 34.0 Å². The van der Waals surface area contributed by atoms with Gasteiger partial charge in [-0.15, -0.1) is 0 Å². The van der Waals surface area contributed by atoms with Gasteiger partial charge >= 0.3 is 5.97 Å². The number of rotatable bonds is 6. The van der Waals surface area contributed by atoms with Crippen molar-refractivity contribution >= 4 is 45.0 Å². The summed E-state index contributed by atoms with van der Waals surface area (Å²) < 4.78 is 32.2. The fourth-order valence-corrected chi connectivity index (χ4v) is 4.28. The number of anilines is 1. The minimum atomic E-state index is -3.73. The van der Waals surface area contributed by atoms with Crippen LogP contribution in [0.4, 0.5) is 5.69 Å². The van der Waals surface area contributed by atoms with Crippen LogP contribution in [0.5, 0.6) is 0 Å². The van der Waals surface area contributed by atoms with Crippen molar-refractivity contribution in [3.63, 3.8) is 0 Å². The summed E-state index contributed by atoms with van der Waals surface area (Å²) in [5.41, 5.74) is 0.893. The monoisotopic (exact) mass is 463 g/mol. The fourth-order valence-electron chi connectivity index (χ4n) is 2.92. The SMILES string of the molecule is CC(C)[C@H](N=C1NS(=O)(=O)c2ccccc21)C(=O)O[C@@H](C)C(=O)Nc1ccc(Cl)cc1. The Morgan fingerprint density at radius 1 is 1.06 bits per heavy atom. The summed E-state index contributed by atoms with van der Waals surface area (Å²) in [6.45, 7) is 4.95. The van der Waals surface area contributed by atoms with Crippen LogP contribution < -0.4 is 10.0 Å². The van der Waals surface area contributed by atoms with Gasteiger partial charge in [0, 0.05) is 16.3 Å². The molecule has 0 unspecified atom stereocenters. The molecule has 1 amide bonds. The number of carbonyl (C=O) groups excluding carboxylic acids is 2. The summed E-state index contributed by atoms with van der Waals surface area (Å²) in [4.78, 5) is 29.5. The highest BCUT2D eigenvalue weighted by Gasteiger charge is 2.34. The normalized spacial score (nSPS) is 17.5. The Morgan fingerprint density at radius 2 is 1.71 bits per heavy atom. The average molecular weight is 464 g/mol. The van der Waals surface area contributed by atoms with Gasteiger partial charge in [-0.2, -0.15) is 0 Å². The Bertz CT molecular complexity index is 1130. The number of hydrogen-bond acceptors (Lipinski definition) is 6. The molecule has 3 rings (SSSR count). The van der Waals surface area contributed by atoms with Crippen molar-refractivity contribution in [2.45, 2.75) is 37.8 Å². The molecule has 31 heavy (non-hydrogen) atoms. The highest BCUT2D eigenvalue weighted by Crippen LogP contribution is 2.24. The van der Waals surface area contributed by atoms with Crippen molar-refractivity contribution in [2.75, 3.05) is 5.32 Å². The van der Waals surface area contributed by atoms with Gasteiger partial charge in [-0.3, -0.25) is 14.5 Å². The van der Waals surface area contributed by atoms with Crippen LogP contribution in [0.15, 0.2) is 58.4 Å². The molecule has 8 nitrogen and oxygen atoms in total. The lowest BCUT2D eigenvalue weighted by molar-refractivity contribution is -0.155. The largest absolute Gasteiger partial charge is 0.451 e. The number of amidine groups is 1.